The van der Waals surface area contributed by atoms with E-state index in [9.17, 15) is 14.4 Å². The van der Waals surface area contributed by atoms with Crippen LogP contribution in [0.2, 0.25) is 0 Å². The summed E-state index contributed by atoms with van der Waals surface area (Å²) in [6.45, 7) is 3.47. The first kappa shape index (κ1) is 16.9. The zero-order valence-electron chi connectivity index (χ0n) is 14.0. The third-order valence-electron chi connectivity index (χ3n) is 4.11. The molecule has 1 amide bonds. The van der Waals surface area contributed by atoms with E-state index in [0.29, 0.717) is 0 Å². The van der Waals surface area contributed by atoms with Crippen molar-refractivity contribution in [2.45, 2.75) is 39.2 Å². The van der Waals surface area contributed by atoms with Crippen LogP contribution < -0.4 is 10.9 Å². The van der Waals surface area contributed by atoms with Gasteiger partial charge in [-0.2, -0.15) is 10.2 Å². The van der Waals surface area contributed by atoms with Crippen LogP contribution in [0.1, 0.15) is 47.9 Å². The van der Waals surface area contributed by atoms with Gasteiger partial charge < -0.3 is 10.1 Å². The topological polar surface area (TPSA) is 119 Å². The van der Waals surface area contributed by atoms with Crippen molar-refractivity contribution in [3.8, 4) is 0 Å². The van der Waals surface area contributed by atoms with Crippen molar-refractivity contribution >= 4 is 17.7 Å². The van der Waals surface area contributed by atoms with E-state index in [-0.39, 0.29) is 23.5 Å². The van der Waals surface area contributed by atoms with E-state index in [1.165, 1.54) is 10.9 Å². The zero-order valence-corrected chi connectivity index (χ0v) is 14.0. The highest BCUT2D eigenvalue weighted by atomic mass is 16.5. The minimum Gasteiger partial charge on any atom is -0.462 e. The molecule has 0 bridgehead atoms. The van der Waals surface area contributed by atoms with Gasteiger partial charge in [0.2, 0.25) is 5.91 Å². The average Bonchev–Trinajstić information content (AvgIpc) is 3.22. The fraction of sp³-hybridized carbons (Fsp3) is 0.438. The van der Waals surface area contributed by atoms with Gasteiger partial charge in [-0.15, -0.1) is 0 Å². The molecule has 9 heteroatoms. The largest absolute Gasteiger partial charge is 0.462 e. The van der Waals surface area contributed by atoms with Gasteiger partial charge in [0.1, 0.15) is 17.4 Å². The number of H-pyrrole nitrogens is 1. The van der Waals surface area contributed by atoms with Crippen LogP contribution in [-0.4, -0.2) is 38.5 Å². The second-order valence-corrected chi connectivity index (χ2v) is 5.80. The lowest BCUT2D eigenvalue weighted by Crippen LogP contribution is -2.34. The van der Waals surface area contributed by atoms with Crippen molar-refractivity contribution < 1.29 is 14.3 Å². The number of nitrogens with zero attached hydrogens (tertiary/aromatic N) is 3. The number of aryl methyl sites for hydroxylation is 2. The molecule has 0 saturated carbocycles. The van der Waals surface area contributed by atoms with Crippen molar-refractivity contribution in [3.05, 3.63) is 39.4 Å². The third-order valence-corrected chi connectivity index (χ3v) is 4.11. The summed E-state index contributed by atoms with van der Waals surface area (Å²) in [5.74, 6) is -0.945. The number of amides is 1. The molecule has 1 aliphatic carbocycles. The van der Waals surface area contributed by atoms with Crippen LogP contribution in [0.15, 0.2) is 17.1 Å². The Bertz CT molecular complexity index is 870. The van der Waals surface area contributed by atoms with Crippen LogP contribution in [-0.2, 0) is 22.4 Å². The lowest BCUT2D eigenvalue weighted by Gasteiger charge is -2.15. The second-order valence-electron chi connectivity index (χ2n) is 5.80. The highest BCUT2D eigenvalue weighted by molar-refractivity contribution is 6.00. The van der Waals surface area contributed by atoms with Crippen molar-refractivity contribution in [2.24, 2.45) is 0 Å². The Morgan fingerprint density at radius 3 is 3.00 bits per heavy atom. The molecule has 0 spiro atoms. The van der Waals surface area contributed by atoms with Crippen molar-refractivity contribution in [2.75, 3.05) is 11.9 Å². The number of aromatic nitrogens is 4. The lowest BCUT2D eigenvalue weighted by molar-refractivity contribution is -0.119. The number of fused-ring (bicyclic) bond motifs is 1. The Morgan fingerprint density at radius 2 is 2.24 bits per heavy atom. The van der Waals surface area contributed by atoms with Crippen LogP contribution in [0.25, 0.3) is 0 Å². The molecular weight excluding hydrogens is 326 g/mol. The van der Waals surface area contributed by atoms with Gasteiger partial charge in [-0.25, -0.2) is 9.48 Å². The Balaban J connectivity index is 1.80. The summed E-state index contributed by atoms with van der Waals surface area (Å²) in [6, 6.07) is 0.705. The fourth-order valence-electron chi connectivity index (χ4n) is 2.78. The van der Waals surface area contributed by atoms with Crippen molar-refractivity contribution in [1.82, 2.24) is 20.0 Å². The van der Waals surface area contributed by atoms with Gasteiger partial charge >= 0.3 is 5.97 Å². The van der Waals surface area contributed by atoms with Crippen LogP contribution in [0.3, 0.4) is 0 Å². The number of aromatic amines is 1. The SMILES string of the molecule is CCOC(=O)c1cn[nH]c1NC(=O)C(C)n1nc2c(cc1=O)CCC2. The number of hydrogen-bond donors (Lipinski definition) is 2. The van der Waals surface area contributed by atoms with Gasteiger partial charge in [0, 0.05) is 6.07 Å². The molecule has 1 unspecified atom stereocenters. The molecule has 2 aromatic rings. The molecule has 2 heterocycles. The number of hydrogen-bond acceptors (Lipinski definition) is 6. The molecule has 3 rings (SSSR count). The molecule has 1 atom stereocenters. The van der Waals surface area contributed by atoms with E-state index in [1.807, 2.05) is 0 Å². The maximum atomic E-state index is 12.5. The van der Waals surface area contributed by atoms with Crippen LogP contribution in [0.4, 0.5) is 5.82 Å². The van der Waals surface area contributed by atoms with E-state index in [2.05, 4.69) is 20.6 Å². The first-order valence-electron chi connectivity index (χ1n) is 8.14. The van der Waals surface area contributed by atoms with Gasteiger partial charge in [-0.1, -0.05) is 0 Å². The minimum atomic E-state index is -0.836. The number of rotatable bonds is 5. The maximum absolute atomic E-state index is 12.5. The fourth-order valence-corrected chi connectivity index (χ4v) is 2.78. The Kier molecular flexibility index (Phi) is 4.64. The van der Waals surface area contributed by atoms with Crippen LogP contribution in [0.5, 0.6) is 0 Å². The first-order valence-corrected chi connectivity index (χ1v) is 8.14. The summed E-state index contributed by atoms with van der Waals surface area (Å²) in [7, 11) is 0. The van der Waals surface area contributed by atoms with Gasteiger partial charge in [-0.05, 0) is 38.7 Å². The van der Waals surface area contributed by atoms with Crippen molar-refractivity contribution in [3.63, 3.8) is 0 Å². The van der Waals surface area contributed by atoms with E-state index in [1.54, 1.807) is 19.9 Å². The Labute approximate surface area is 143 Å². The van der Waals surface area contributed by atoms with Crippen LogP contribution in [0, 0.1) is 0 Å². The normalized spacial score (nSPS) is 14.0. The summed E-state index contributed by atoms with van der Waals surface area (Å²) in [4.78, 5) is 36.5. The predicted octanol–water partition coefficient (Wildman–Crippen LogP) is 0.831. The molecule has 132 valence electrons. The molecule has 2 aromatic heterocycles. The zero-order chi connectivity index (χ0) is 18.0. The van der Waals surface area contributed by atoms with Crippen LogP contribution >= 0.6 is 0 Å². The molecule has 2 N–H and O–H groups in total. The lowest BCUT2D eigenvalue weighted by atomic mass is 10.2. The molecule has 9 nitrogen and oxygen atoms in total. The van der Waals surface area contributed by atoms with Crippen molar-refractivity contribution in [1.29, 1.82) is 0 Å². The highest BCUT2D eigenvalue weighted by Gasteiger charge is 2.24. The molecule has 25 heavy (non-hydrogen) atoms. The summed E-state index contributed by atoms with van der Waals surface area (Å²) >= 11 is 0. The Morgan fingerprint density at radius 1 is 1.44 bits per heavy atom. The molecule has 0 saturated heterocycles. The summed E-state index contributed by atoms with van der Waals surface area (Å²) in [5.41, 5.74) is 1.61. The summed E-state index contributed by atoms with van der Waals surface area (Å²) in [6.07, 6.45) is 3.88. The minimum absolute atomic E-state index is 0.122. The standard InChI is InChI=1S/C16H19N5O4/c1-3-25-16(24)11-8-17-19-14(11)18-15(23)9(2)21-13(22)7-10-5-4-6-12(10)20-21/h7-9H,3-6H2,1-2H3,(H2,17,18,19,23). The quantitative estimate of drug-likeness (QED) is 0.775. The molecule has 0 radical (unpaired) electrons. The summed E-state index contributed by atoms with van der Waals surface area (Å²) in [5, 5.41) is 13.2. The predicted molar refractivity (Wildman–Crippen MR) is 88.4 cm³/mol. The summed E-state index contributed by atoms with van der Waals surface area (Å²) < 4.78 is 6.07. The molecular formula is C16H19N5O4. The van der Waals surface area contributed by atoms with E-state index in [4.69, 9.17) is 4.74 Å². The number of ether oxygens (including phenoxy) is 1. The monoisotopic (exact) mass is 345 g/mol. The van der Waals surface area contributed by atoms with E-state index >= 15 is 0 Å². The highest BCUT2D eigenvalue weighted by Crippen LogP contribution is 2.19. The number of nitrogens with one attached hydrogen (secondary N) is 2. The smallest absolute Gasteiger partial charge is 0.343 e. The van der Waals surface area contributed by atoms with Gasteiger partial charge in [0.25, 0.3) is 5.56 Å². The number of esters is 1. The van der Waals surface area contributed by atoms with E-state index < -0.39 is 17.9 Å². The van der Waals surface area contributed by atoms with Gasteiger partial charge in [0.15, 0.2) is 0 Å². The molecule has 1 aliphatic rings. The van der Waals surface area contributed by atoms with E-state index in [0.717, 1.165) is 30.5 Å². The molecule has 0 fully saturated rings. The average molecular weight is 345 g/mol. The van der Waals surface area contributed by atoms with Gasteiger partial charge in [-0.3, -0.25) is 14.7 Å². The first-order chi connectivity index (χ1) is 12.0. The Hall–Kier alpha value is -2.97. The molecule has 0 aromatic carbocycles. The maximum Gasteiger partial charge on any atom is 0.343 e. The van der Waals surface area contributed by atoms with Gasteiger partial charge in [0.05, 0.1) is 18.5 Å². The molecule has 0 aliphatic heterocycles. The third kappa shape index (κ3) is 3.30. The number of anilines is 1. The number of carbonyl (C=O) groups excluding carboxylic acids is 2. The second kappa shape index (κ2) is 6.88. The number of carbonyl (C=O) groups is 2.